The van der Waals surface area contributed by atoms with E-state index in [4.69, 9.17) is 27.9 Å². The summed E-state index contributed by atoms with van der Waals surface area (Å²) in [6.07, 6.45) is 0. The second kappa shape index (κ2) is 9.38. The van der Waals surface area contributed by atoms with E-state index in [1.54, 1.807) is 36.2 Å². The molecule has 0 unspecified atom stereocenters. The van der Waals surface area contributed by atoms with Gasteiger partial charge >= 0.3 is 0 Å². The lowest BCUT2D eigenvalue weighted by atomic mass is 10.2. The zero-order valence-electron chi connectivity index (χ0n) is 13.9. The normalized spacial score (nSPS) is 10.6. The van der Waals surface area contributed by atoms with E-state index in [-0.39, 0.29) is 23.8 Å². The lowest BCUT2D eigenvalue weighted by Crippen LogP contribution is -2.33. The lowest BCUT2D eigenvalue weighted by molar-refractivity contribution is -0.383. The highest BCUT2D eigenvalue weighted by molar-refractivity contribution is 6.31. The van der Waals surface area contributed by atoms with E-state index in [1.165, 1.54) is 18.2 Å². The van der Waals surface area contributed by atoms with Gasteiger partial charge in [0.2, 0.25) is 5.91 Å². The quantitative estimate of drug-likeness (QED) is 0.539. The molecule has 26 heavy (non-hydrogen) atoms. The number of anilines is 1. The van der Waals surface area contributed by atoms with E-state index in [2.05, 4.69) is 5.32 Å². The number of hydrogen-bond donors (Lipinski definition) is 1. The van der Waals surface area contributed by atoms with E-state index in [0.717, 1.165) is 0 Å². The van der Waals surface area contributed by atoms with E-state index in [0.29, 0.717) is 28.9 Å². The number of halogens is 2. The Hall–Kier alpha value is -2.35. The minimum absolute atomic E-state index is 0.0493. The molecule has 0 saturated heterocycles. The molecule has 0 aliphatic rings. The summed E-state index contributed by atoms with van der Waals surface area (Å²) in [5.41, 5.74) is -0.144. The number of amides is 1. The molecule has 0 radical (unpaired) electrons. The summed E-state index contributed by atoms with van der Waals surface area (Å²) in [6.45, 7) is 0.921. The van der Waals surface area contributed by atoms with Crippen LogP contribution in [0.4, 0.5) is 11.4 Å². The molecule has 0 fully saturated rings. The molecule has 0 aliphatic carbocycles. The number of nitrogens with zero attached hydrogens (tertiary/aromatic N) is 2. The number of nitrogens with one attached hydrogen (secondary N) is 1. The summed E-state index contributed by atoms with van der Waals surface area (Å²) in [5, 5.41) is 14.5. The van der Waals surface area contributed by atoms with E-state index >= 15 is 0 Å². The summed E-state index contributed by atoms with van der Waals surface area (Å²) in [6, 6.07) is 11.0. The molecule has 0 saturated carbocycles. The highest BCUT2D eigenvalue weighted by Crippen LogP contribution is 2.27. The number of nitro benzene ring substituents is 1. The van der Waals surface area contributed by atoms with Crippen LogP contribution in [0.1, 0.15) is 0 Å². The third kappa shape index (κ3) is 6.18. The first-order valence-corrected chi connectivity index (χ1v) is 8.41. The summed E-state index contributed by atoms with van der Waals surface area (Å²) in [4.78, 5) is 24.3. The lowest BCUT2D eigenvalue weighted by Gasteiger charge is -2.16. The topological polar surface area (TPSA) is 84.7 Å². The summed E-state index contributed by atoms with van der Waals surface area (Å²) >= 11 is 11.6. The Morgan fingerprint density at radius 2 is 1.85 bits per heavy atom. The monoisotopic (exact) mass is 397 g/mol. The number of ether oxygens (including phenoxy) is 1. The van der Waals surface area contributed by atoms with Crippen LogP contribution in [0.15, 0.2) is 42.5 Å². The Labute approximate surface area is 160 Å². The molecule has 0 atom stereocenters. The van der Waals surface area contributed by atoms with Gasteiger partial charge in [0.1, 0.15) is 18.0 Å². The highest BCUT2D eigenvalue weighted by Gasteiger charge is 2.17. The van der Waals surface area contributed by atoms with Gasteiger partial charge in [0, 0.05) is 22.7 Å². The van der Waals surface area contributed by atoms with E-state index in [9.17, 15) is 14.9 Å². The van der Waals surface area contributed by atoms with Crippen LogP contribution < -0.4 is 10.1 Å². The zero-order valence-corrected chi connectivity index (χ0v) is 15.5. The third-order valence-electron chi connectivity index (χ3n) is 3.40. The Morgan fingerprint density at radius 1 is 1.19 bits per heavy atom. The maximum atomic E-state index is 12.1. The van der Waals surface area contributed by atoms with Crippen LogP contribution in [-0.2, 0) is 4.79 Å². The van der Waals surface area contributed by atoms with Crippen LogP contribution in [0.2, 0.25) is 10.0 Å². The number of carbonyl (C=O) groups is 1. The molecule has 2 rings (SSSR count). The van der Waals surface area contributed by atoms with Gasteiger partial charge in [0.05, 0.1) is 11.5 Å². The van der Waals surface area contributed by atoms with Crippen molar-refractivity contribution in [1.82, 2.24) is 4.90 Å². The molecule has 138 valence electrons. The summed E-state index contributed by atoms with van der Waals surface area (Å²) in [5.74, 6) is 0.297. The molecule has 0 aromatic heterocycles. The molecule has 9 heteroatoms. The maximum absolute atomic E-state index is 12.1. The Kier molecular flexibility index (Phi) is 7.20. The van der Waals surface area contributed by atoms with Crippen molar-refractivity contribution in [2.45, 2.75) is 0 Å². The first-order valence-electron chi connectivity index (χ1n) is 7.66. The molecule has 7 nitrogen and oxygen atoms in total. The van der Waals surface area contributed by atoms with Crippen molar-refractivity contribution in [3.05, 3.63) is 62.6 Å². The van der Waals surface area contributed by atoms with Gasteiger partial charge in [0.15, 0.2) is 0 Å². The zero-order chi connectivity index (χ0) is 19.1. The molecule has 0 aliphatic heterocycles. The van der Waals surface area contributed by atoms with Gasteiger partial charge < -0.3 is 10.1 Å². The van der Waals surface area contributed by atoms with Crippen molar-refractivity contribution >= 4 is 40.5 Å². The maximum Gasteiger partial charge on any atom is 0.292 e. The predicted octanol–water partition coefficient (Wildman–Crippen LogP) is 3.85. The average molecular weight is 398 g/mol. The number of hydrogen-bond acceptors (Lipinski definition) is 5. The number of likely N-dealkylation sites (N-methyl/N-ethyl adjacent to an activating group) is 1. The van der Waals surface area contributed by atoms with Crippen molar-refractivity contribution in [3.8, 4) is 5.75 Å². The molecule has 1 amide bonds. The number of benzene rings is 2. The van der Waals surface area contributed by atoms with Crippen LogP contribution in [0.25, 0.3) is 0 Å². The van der Waals surface area contributed by atoms with Crippen LogP contribution in [0, 0.1) is 10.1 Å². The largest absolute Gasteiger partial charge is 0.492 e. The van der Waals surface area contributed by atoms with Gasteiger partial charge in [0.25, 0.3) is 5.69 Å². The minimum atomic E-state index is -0.574. The molecule has 0 heterocycles. The molecular formula is C17H17Cl2N3O4. The first kappa shape index (κ1) is 20.0. The second-order valence-corrected chi connectivity index (χ2v) is 6.38. The van der Waals surface area contributed by atoms with Gasteiger partial charge in [-0.05, 0) is 43.4 Å². The van der Waals surface area contributed by atoms with Gasteiger partial charge in [-0.2, -0.15) is 0 Å². The molecule has 0 bridgehead atoms. The van der Waals surface area contributed by atoms with Crippen molar-refractivity contribution in [3.63, 3.8) is 0 Å². The Morgan fingerprint density at radius 3 is 2.50 bits per heavy atom. The number of nitro groups is 1. The molecule has 2 aromatic carbocycles. The number of rotatable bonds is 8. The van der Waals surface area contributed by atoms with Crippen LogP contribution in [0.3, 0.4) is 0 Å². The van der Waals surface area contributed by atoms with Crippen molar-refractivity contribution in [1.29, 1.82) is 0 Å². The summed E-state index contributed by atoms with van der Waals surface area (Å²) < 4.78 is 5.56. The fourth-order valence-corrected chi connectivity index (χ4v) is 2.43. The Bertz CT molecular complexity index is 784. The highest BCUT2D eigenvalue weighted by atomic mass is 35.5. The fourth-order valence-electron chi connectivity index (χ4n) is 2.13. The van der Waals surface area contributed by atoms with E-state index in [1.807, 2.05) is 0 Å². The van der Waals surface area contributed by atoms with Gasteiger partial charge in [-0.1, -0.05) is 23.2 Å². The van der Waals surface area contributed by atoms with E-state index < -0.39 is 4.92 Å². The van der Waals surface area contributed by atoms with Gasteiger partial charge in [-0.3, -0.25) is 19.8 Å². The molecular weight excluding hydrogens is 381 g/mol. The second-order valence-electron chi connectivity index (χ2n) is 5.51. The SMILES string of the molecule is CN(CCOc1ccc(Cl)cc1)CC(=O)Nc1cc(Cl)ccc1[N+](=O)[O-]. The van der Waals surface area contributed by atoms with Crippen molar-refractivity contribution in [2.24, 2.45) is 0 Å². The Balaban J connectivity index is 1.83. The number of carbonyl (C=O) groups excluding carboxylic acids is 1. The predicted molar refractivity (Wildman–Crippen MR) is 101 cm³/mol. The molecule has 1 N–H and O–H groups in total. The van der Waals surface area contributed by atoms with Crippen LogP contribution in [0.5, 0.6) is 5.75 Å². The van der Waals surface area contributed by atoms with Crippen LogP contribution >= 0.6 is 23.2 Å². The molecule has 2 aromatic rings. The third-order valence-corrected chi connectivity index (χ3v) is 3.89. The smallest absolute Gasteiger partial charge is 0.292 e. The van der Waals surface area contributed by atoms with Crippen LogP contribution in [-0.4, -0.2) is 42.5 Å². The van der Waals surface area contributed by atoms with Crippen molar-refractivity contribution < 1.29 is 14.5 Å². The van der Waals surface area contributed by atoms with Gasteiger partial charge in [-0.25, -0.2) is 0 Å². The molecule has 0 spiro atoms. The van der Waals surface area contributed by atoms with Gasteiger partial charge in [-0.15, -0.1) is 0 Å². The fraction of sp³-hybridized carbons (Fsp3) is 0.235. The first-order chi connectivity index (χ1) is 12.3. The standard InChI is InChI=1S/C17H17Cl2N3O4/c1-21(8-9-26-14-5-2-12(18)3-6-14)11-17(23)20-15-10-13(19)4-7-16(15)22(24)25/h2-7,10H,8-9,11H2,1H3,(H,20,23). The van der Waals surface area contributed by atoms with Crippen molar-refractivity contribution in [2.75, 3.05) is 32.1 Å². The minimum Gasteiger partial charge on any atom is -0.492 e. The summed E-state index contributed by atoms with van der Waals surface area (Å²) in [7, 11) is 1.75. The average Bonchev–Trinajstić information content (AvgIpc) is 2.56.